The summed E-state index contributed by atoms with van der Waals surface area (Å²) in [6, 6.07) is 5.59. The van der Waals surface area contributed by atoms with Crippen molar-refractivity contribution in [2.24, 2.45) is 28.3 Å². The van der Waals surface area contributed by atoms with Gasteiger partial charge >= 0.3 is 10.3 Å². The highest BCUT2D eigenvalue weighted by Gasteiger charge is 2.56. The Morgan fingerprint density at radius 2 is 2.03 bits per heavy atom. The van der Waals surface area contributed by atoms with E-state index in [1.165, 1.54) is 11.1 Å². The van der Waals surface area contributed by atoms with Crippen LogP contribution in [0, 0.1) is 23.2 Å². The number of carbonyl (C=O) groups excluding carboxylic acids is 1. The third kappa shape index (κ3) is 3.75. The number of aryl methyl sites for hydroxylation is 1. The van der Waals surface area contributed by atoms with Crippen LogP contribution >= 0.6 is 0 Å². The van der Waals surface area contributed by atoms with Crippen LogP contribution in [0.15, 0.2) is 18.2 Å². The van der Waals surface area contributed by atoms with E-state index in [0.717, 1.165) is 51.5 Å². The maximum atomic E-state index is 13.2. The Hall–Kier alpha value is -1.60. The standard InChI is InChI=1S/C23H34N2O4S/c1-4-13-25(3)22(26)21-10-9-20-19-7-5-15-14-16(29-30(24,27)28)6-8-17(15)18(19)11-12-23(20,21)2/h6,8,14,18-21H,4-5,7,9-13H2,1-3H3,(H2,24,27,28)/t18-,19-,20+,21-,23+/m1/s1. The van der Waals surface area contributed by atoms with Crippen LogP contribution in [-0.4, -0.2) is 32.8 Å². The zero-order valence-corrected chi connectivity index (χ0v) is 19.1. The van der Waals surface area contributed by atoms with Crippen LogP contribution in [0.5, 0.6) is 5.75 Å². The van der Waals surface area contributed by atoms with E-state index >= 15 is 0 Å². The largest absolute Gasteiger partial charge is 0.380 e. The second kappa shape index (κ2) is 7.83. The predicted molar refractivity (Wildman–Crippen MR) is 116 cm³/mol. The van der Waals surface area contributed by atoms with Crippen molar-refractivity contribution in [3.8, 4) is 5.75 Å². The molecule has 1 aromatic carbocycles. The summed E-state index contributed by atoms with van der Waals surface area (Å²) in [5, 5.41) is 5.02. The number of carbonyl (C=O) groups is 1. The third-order valence-corrected chi connectivity index (χ3v) is 8.57. The summed E-state index contributed by atoms with van der Waals surface area (Å²) < 4.78 is 27.4. The van der Waals surface area contributed by atoms with E-state index in [1.807, 2.05) is 24.1 Å². The van der Waals surface area contributed by atoms with Gasteiger partial charge in [0.05, 0.1) is 0 Å². The minimum atomic E-state index is -4.01. The lowest BCUT2D eigenvalue weighted by molar-refractivity contribution is -0.139. The van der Waals surface area contributed by atoms with Crippen LogP contribution in [0.1, 0.15) is 69.4 Å². The Kier molecular flexibility index (Phi) is 5.64. The molecule has 2 saturated carbocycles. The number of hydrogen-bond acceptors (Lipinski definition) is 4. The molecule has 4 rings (SSSR count). The molecule has 2 fully saturated rings. The first-order valence-electron chi connectivity index (χ1n) is 11.2. The Balaban J connectivity index is 1.56. The summed E-state index contributed by atoms with van der Waals surface area (Å²) in [6.07, 6.45) is 7.29. The molecule has 0 heterocycles. The number of fused-ring (bicyclic) bond motifs is 5. The zero-order chi connectivity index (χ0) is 21.7. The summed E-state index contributed by atoms with van der Waals surface area (Å²) in [7, 11) is -2.06. The second-order valence-corrected chi connectivity index (χ2v) is 10.9. The lowest BCUT2D eigenvalue weighted by Crippen LogP contribution is -2.46. The van der Waals surface area contributed by atoms with E-state index in [-0.39, 0.29) is 11.3 Å². The molecule has 6 nitrogen and oxygen atoms in total. The topological polar surface area (TPSA) is 89.7 Å². The molecule has 0 radical (unpaired) electrons. The third-order valence-electron chi connectivity index (χ3n) is 8.14. The summed E-state index contributed by atoms with van der Waals surface area (Å²) in [5.41, 5.74) is 2.59. The van der Waals surface area contributed by atoms with E-state index in [2.05, 4.69) is 13.8 Å². The van der Waals surface area contributed by atoms with Gasteiger partial charge in [0.15, 0.2) is 0 Å². The summed E-state index contributed by atoms with van der Waals surface area (Å²) >= 11 is 0. The monoisotopic (exact) mass is 434 g/mol. The van der Waals surface area contributed by atoms with Crippen LogP contribution in [0.25, 0.3) is 0 Å². The van der Waals surface area contributed by atoms with Gasteiger partial charge in [0.25, 0.3) is 0 Å². The summed E-state index contributed by atoms with van der Waals surface area (Å²) in [6.45, 7) is 5.31. The van der Waals surface area contributed by atoms with E-state index in [9.17, 15) is 13.2 Å². The smallest absolute Gasteiger partial charge is 0.371 e. The number of rotatable bonds is 5. The van der Waals surface area contributed by atoms with Crippen molar-refractivity contribution in [3.05, 3.63) is 29.3 Å². The molecule has 1 aromatic rings. The SMILES string of the molecule is CCCN(C)C(=O)[C@H]1CC[C@H]2[C@@H]3CCc4cc(OS(N)(=O)=O)ccc4[C@H]3CC[C@]12C. The molecule has 0 aromatic heterocycles. The van der Waals surface area contributed by atoms with Gasteiger partial charge in [-0.15, -0.1) is 0 Å². The maximum absolute atomic E-state index is 13.2. The van der Waals surface area contributed by atoms with Crippen molar-refractivity contribution < 1.29 is 17.4 Å². The summed E-state index contributed by atoms with van der Waals surface area (Å²) in [4.78, 5) is 15.1. The molecule has 5 atom stereocenters. The first-order valence-corrected chi connectivity index (χ1v) is 12.7. The quantitative estimate of drug-likeness (QED) is 0.767. The van der Waals surface area contributed by atoms with Gasteiger partial charge in [-0.05, 0) is 91.4 Å². The Morgan fingerprint density at radius 3 is 2.73 bits per heavy atom. The van der Waals surface area contributed by atoms with Crippen LogP contribution in [0.4, 0.5) is 0 Å². The Bertz CT molecular complexity index is 931. The van der Waals surface area contributed by atoms with Crippen molar-refractivity contribution in [2.45, 2.75) is 64.7 Å². The highest BCUT2D eigenvalue weighted by molar-refractivity contribution is 7.84. The number of nitrogens with two attached hydrogens (primary N) is 1. The Morgan fingerprint density at radius 1 is 1.27 bits per heavy atom. The van der Waals surface area contributed by atoms with Crippen LogP contribution in [-0.2, 0) is 21.5 Å². The molecule has 2 N–H and O–H groups in total. The molecule has 0 spiro atoms. The van der Waals surface area contributed by atoms with Gasteiger partial charge in [0, 0.05) is 19.5 Å². The van der Waals surface area contributed by atoms with Gasteiger partial charge in [-0.1, -0.05) is 19.9 Å². The van der Waals surface area contributed by atoms with Crippen molar-refractivity contribution in [3.63, 3.8) is 0 Å². The number of amides is 1. The normalized spacial score (nSPS) is 32.7. The fraction of sp³-hybridized carbons (Fsp3) is 0.696. The average molecular weight is 435 g/mol. The second-order valence-electron chi connectivity index (χ2n) is 9.79. The van der Waals surface area contributed by atoms with Crippen molar-refractivity contribution >= 4 is 16.2 Å². The van der Waals surface area contributed by atoms with Crippen LogP contribution in [0.3, 0.4) is 0 Å². The predicted octanol–water partition coefficient (Wildman–Crippen LogP) is 3.61. The van der Waals surface area contributed by atoms with Crippen LogP contribution in [0.2, 0.25) is 0 Å². The fourth-order valence-electron chi connectivity index (χ4n) is 6.86. The van der Waals surface area contributed by atoms with E-state index in [1.54, 1.807) is 6.07 Å². The minimum absolute atomic E-state index is 0.0917. The van der Waals surface area contributed by atoms with Gasteiger partial charge < -0.3 is 9.08 Å². The average Bonchev–Trinajstić information content (AvgIpc) is 3.03. The molecule has 0 aliphatic heterocycles. The number of hydrogen-bond donors (Lipinski definition) is 1. The molecule has 1 amide bonds. The minimum Gasteiger partial charge on any atom is -0.371 e. The number of benzene rings is 1. The molecule has 7 heteroatoms. The first-order chi connectivity index (χ1) is 14.1. The van der Waals surface area contributed by atoms with Gasteiger partial charge in [0.1, 0.15) is 5.75 Å². The van der Waals surface area contributed by atoms with E-state index in [0.29, 0.717) is 29.4 Å². The first kappa shape index (κ1) is 21.6. The molecule has 0 unspecified atom stereocenters. The molecule has 3 aliphatic carbocycles. The van der Waals surface area contributed by atoms with Crippen molar-refractivity contribution in [2.75, 3.05) is 13.6 Å². The van der Waals surface area contributed by atoms with E-state index < -0.39 is 10.3 Å². The van der Waals surface area contributed by atoms with Crippen molar-refractivity contribution in [1.82, 2.24) is 4.90 Å². The zero-order valence-electron chi connectivity index (χ0n) is 18.3. The van der Waals surface area contributed by atoms with Crippen molar-refractivity contribution in [1.29, 1.82) is 0 Å². The molecule has 0 saturated heterocycles. The van der Waals surface area contributed by atoms with Gasteiger partial charge in [-0.2, -0.15) is 13.6 Å². The Labute approximate surface area is 180 Å². The molecule has 30 heavy (non-hydrogen) atoms. The van der Waals surface area contributed by atoms with Gasteiger partial charge in [-0.25, -0.2) is 0 Å². The number of nitrogens with zero attached hydrogens (tertiary/aromatic N) is 1. The molecule has 166 valence electrons. The van der Waals surface area contributed by atoms with Gasteiger partial charge in [0.2, 0.25) is 5.91 Å². The molecule has 3 aliphatic rings. The molecular weight excluding hydrogens is 400 g/mol. The highest BCUT2D eigenvalue weighted by Crippen LogP contribution is 2.63. The van der Waals surface area contributed by atoms with E-state index in [4.69, 9.17) is 9.32 Å². The van der Waals surface area contributed by atoms with Crippen LogP contribution < -0.4 is 9.32 Å². The fourth-order valence-corrected chi connectivity index (χ4v) is 7.23. The lowest BCUT2D eigenvalue weighted by Gasteiger charge is -2.51. The molecule has 0 bridgehead atoms. The molecular formula is C23H34N2O4S. The van der Waals surface area contributed by atoms with Gasteiger partial charge in [-0.3, -0.25) is 4.79 Å². The lowest BCUT2D eigenvalue weighted by atomic mass is 9.54. The highest BCUT2D eigenvalue weighted by atomic mass is 32.2. The summed E-state index contributed by atoms with van der Waals surface area (Å²) in [5.74, 6) is 2.43. The maximum Gasteiger partial charge on any atom is 0.380 e.